The number of thiophene rings is 1. The maximum Gasteiger partial charge on any atom is 0.164 e. The van der Waals surface area contributed by atoms with Crippen molar-refractivity contribution in [3.05, 3.63) is 182 Å². The van der Waals surface area contributed by atoms with E-state index in [2.05, 4.69) is 150 Å². The van der Waals surface area contributed by atoms with Gasteiger partial charge in [0.15, 0.2) is 17.5 Å². The van der Waals surface area contributed by atoms with Gasteiger partial charge in [-0.2, -0.15) is 0 Å². The Morgan fingerprint density at radius 2 is 0.875 bits per heavy atom. The van der Waals surface area contributed by atoms with Gasteiger partial charge in [-0.3, -0.25) is 0 Å². The van der Waals surface area contributed by atoms with Crippen LogP contribution in [-0.4, -0.2) is 19.5 Å². The minimum atomic E-state index is 0.637. The minimum absolute atomic E-state index is 0.637. The summed E-state index contributed by atoms with van der Waals surface area (Å²) in [6, 6.07) is 65.0. The zero-order valence-corrected chi connectivity index (χ0v) is 30.8. The third-order valence-corrected chi connectivity index (χ3v) is 12.3. The zero-order valence-electron chi connectivity index (χ0n) is 30.0. The minimum Gasteiger partial charge on any atom is -0.309 e. The van der Waals surface area contributed by atoms with Crippen LogP contribution in [0.3, 0.4) is 0 Å². The fraction of sp³-hybridized carbons (Fsp3) is 0. The van der Waals surface area contributed by atoms with Gasteiger partial charge in [0.2, 0.25) is 0 Å². The van der Waals surface area contributed by atoms with Crippen LogP contribution >= 0.6 is 11.3 Å². The molecule has 260 valence electrons. The van der Waals surface area contributed by atoms with Crippen molar-refractivity contribution in [2.45, 2.75) is 0 Å². The molecule has 0 saturated heterocycles. The predicted molar refractivity (Wildman–Crippen MR) is 236 cm³/mol. The molecule has 0 amide bonds. The summed E-state index contributed by atoms with van der Waals surface area (Å²) in [7, 11) is 0. The Labute approximate surface area is 325 Å². The zero-order chi connectivity index (χ0) is 36.7. The van der Waals surface area contributed by atoms with Crippen LogP contribution in [0, 0.1) is 0 Å². The molecule has 0 aliphatic carbocycles. The van der Waals surface area contributed by atoms with Gasteiger partial charge in [-0.15, -0.1) is 11.3 Å². The van der Waals surface area contributed by atoms with Gasteiger partial charge in [0.1, 0.15) is 0 Å². The van der Waals surface area contributed by atoms with Crippen molar-refractivity contribution in [2.24, 2.45) is 0 Å². The lowest BCUT2D eigenvalue weighted by atomic mass is 9.91. The van der Waals surface area contributed by atoms with E-state index in [0.29, 0.717) is 17.5 Å². The highest BCUT2D eigenvalue weighted by molar-refractivity contribution is 7.25. The molecule has 3 aromatic heterocycles. The van der Waals surface area contributed by atoms with E-state index in [4.69, 9.17) is 15.0 Å². The molecule has 0 aliphatic rings. The Bertz CT molecular complexity index is 3470. The normalized spacial score (nSPS) is 11.9. The summed E-state index contributed by atoms with van der Waals surface area (Å²) in [5.41, 5.74) is 6.24. The van der Waals surface area contributed by atoms with Gasteiger partial charge in [-0.1, -0.05) is 146 Å². The van der Waals surface area contributed by atoms with E-state index in [1.165, 1.54) is 58.0 Å². The molecule has 5 heteroatoms. The fourth-order valence-electron chi connectivity index (χ4n) is 8.72. The van der Waals surface area contributed by atoms with Crippen LogP contribution in [0.2, 0.25) is 0 Å². The maximum atomic E-state index is 5.32. The number of hydrogen-bond donors (Lipinski definition) is 0. The van der Waals surface area contributed by atoms with E-state index in [-0.39, 0.29) is 0 Å². The van der Waals surface area contributed by atoms with Crippen LogP contribution in [0.5, 0.6) is 0 Å². The molecule has 0 saturated carbocycles. The summed E-state index contributed by atoms with van der Waals surface area (Å²) in [5, 5.41) is 12.1. The van der Waals surface area contributed by atoms with Crippen LogP contribution in [0.1, 0.15) is 0 Å². The number of nitrogens with zero attached hydrogens (tertiary/aromatic N) is 4. The van der Waals surface area contributed by atoms with Crippen molar-refractivity contribution in [2.75, 3.05) is 0 Å². The summed E-state index contributed by atoms with van der Waals surface area (Å²) in [6.07, 6.45) is 0. The van der Waals surface area contributed by atoms with Crippen molar-refractivity contribution in [1.29, 1.82) is 0 Å². The average Bonchev–Trinajstić information content (AvgIpc) is 3.80. The van der Waals surface area contributed by atoms with Crippen molar-refractivity contribution in [3.8, 4) is 39.9 Å². The summed E-state index contributed by atoms with van der Waals surface area (Å²) < 4.78 is 5.02. The molecule has 0 atom stereocenters. The summed E-state index contributed by atoms with van der Waals surface area (Å²) >= 11 is 1.85. The summed E-state index contributed by atoms with van der Waals surface area (Å²) in [4.78, 5) is 15.7. The highest BCUT2D eigenvalue weighted by atomic mass is 32.1. The topological polar surface area (TPSA) is 43.6 Å². The lowest BCUT2D eigenvalue weighted by molar-refractivity contribution is 1.07. The van der Waals surface area contributed by atoms with E-state index < -0.39 is 0 Å². The number of fused-ring (bicyclic) bond motifs is 12. The highest BCUT2D eigenvalue weighted by Crippen LogP contribution is 2.45. The van der Waals surface area contributed by atoms with Crippen molar-refractivity contribution in [3.63, 3.8) is 0 Å². The lowest BCUT2D eigenvalue weighted by Crippen LogP contribution is -2.02. The van der Waals surface area contributed by atoms with Gasteiger partial charge >= 0.3 is 0 Å². The van der Waals surface area contributed by atoms with Crippen LogP contribution in [0.25, 0.3) is 114 Å². The van der Waals surface area contributed by atoms with Crippen LogP contribution < -0.4 is 0 Å². The summed E-state index contributed by atoms with van der Waals surface area (Å²) in [6.45, 7) is 0. The molecule has 9 aromatic carbocycles. The maximum absolute atomic E-state index is 5.32. The molecule has 0 N–H and O–H groups in total. The second-order valence-corrected chi connectivity index (χ2v) is 15.4. The quantitative estimate of drug-likeness (QED) is 0.169. The van der Waals surface area contributed by atoms with E-state index in [9.17, 15) is 0 Å². The first-order valence-electron chi connectivity index (χ1n) is 18.9. The SMILES string of the molecule is c1ccc(-c2nc(-c3ccccc3)nc(-c3cc(-n4c5ccccc5c5cc6c(cc54)sc4ccccc46)cc4c5ccccc5c5ccccc5c34)n2)cc1. The molecule has 0 radical (unpaired) electrons. The van der Waals surface area contributed by atoms with Gasteiger partial charge in [0.25, 0.3) is 0 Å². The average molecular weight is 731 g/mol. The smallest absolute Gasteiger partial charge is 0.164 e. The predicted octanol–water partition coefficient (Wildman–Crippen LogP) is 13.8. The molecular formula is C51H30N4S. The van der Waals surface area contributed by atoms with Crippen LogP contribution in [0.15, 0.2) is 182 Å². The Morgan fingerprint density at radius 1 is 0.339 bits per heavy atom. The molecule has 4 nitrogen and oxygen atoms in total. The van der Waals surface area contributed by atoms with E-state index in [0.717, 1.165) is 38.7 Å². The van der Waals surface area contributed by atoms with Crippen molar-refractivity contribution >= 4 is 85.6 Å². The number of para-hydroxylation sites is 1. The molecular weight excluding hydrogens is 701 g/mol. The van der Waals surface area contributed by atoms with E-state index in [1.807, 2.05) is 47.7 Å². The molecule has 0 spiro atoms. The second-order valence-electron chi connectivity index (χ2n) is 14.4. The first-order chi connectivity index (χ1) is 27.8. The van der Waals surface area contributed by atoms with Crippen LogP contribution in [-0.2, 0) is 0 Å². The molecule has 12 rings (SSSR count). The molecule has 56 heavy (non-hydrogen) atoms. The number of rotatable bonds is 4. The number of hydrogen-bond acceptors (Lipinski definition) is 4. The standard InChI is InChI=1S/C51H30N4S/c1-3-15-31(16-4-1)49-52-50(32-17-5-2-6-18-32)54-51(53-49)43-28-33(27-42-36-21-8-7-19-34(36)35-20-9-10-24-39(35)48(42)43)55-44-25-13-11-22-37(44)40-29-41-38-23-12-14-26-46(38)56-47(41)30-45(40)55/h1-30H. The highest BCUT2D eigenvalue weighted by Gasteiger charge is 2.22. The molecule has 0 unspecified atom stereocenters. The van der Waals surface area contributed by atoms with E-state index in [1.54, 1.807) is 0 Å². The molecule has 0 bridgehead atoms. The van der Waals surface area contributed by atoms with Gasteiger partial charge in [0.05, 0.1) is 11.0 Å². The van der Waals surface area contributed by atoms with Gasteiger partial charge in [0, 0.05) is 58.7 Å². The number of aromatic nitrogens is 4. The Kier molecular flexibility index (Phi) is 6.76. The van der Waals surface area contributed by atoms with Crippen molar-refractivity contribution in [1.82, 2.24) is 19.5 Å². The Balaban J connectivity index is 1.25. The molecule has 0 fully saturated rings. The third-order valence-electron chi connectivity index (χ3n) is 11.2. The first-order valence-corrected chi connectivity index (χ1v) is 19.7. The van der Waals surface area contributed by atoms with Gasteiger partial charge in [-0.25, -0.2) is 15.0 Å². The van der Waals surface area contributed by atoms with Gasteiger partial charge < -0.3 is 4.57 Å². The fourth-order valence-corrected chi connectivity index (χ4v) is 9.84. The van der Waals surface area contributed by atoms with Crippen LogP contribution in [0.4, 0.5) is 0 Å². The lowest BCUT2D eigenvalue weighted by Gasteiger charge is -2.18. The Morgan fingerprint density at radius 3 is 1.57 bits per heavy atom. The summed E-state index contributed by atoms with van der Waals surface area (Å²) in [5.74, 6) is 1.92. The second kappa shape index (κ2) is 12.2. The largest absolute Gasteiger partial charge is 0.309 e. The first kappa shape index (κ1) is 31.2. The molecule has 0 aliphatic heterocycles. The number of benzene rings is 9. The molecule has 3 heterocycles. The van der Waals surface area contributed by atoms with E-state index >= 15 is 0 Å². The third kappa shape index (κ3) is 4.68. The monoisotopic (exact) mass is 730 g/mol. The van der Waals surface area contributed by atoms with Gasteiger partial charge in [-0.05, 0) is 63.3 Å². The Hall–Kier alpha value is -7.21. The molecule has 12 aromatic rings. The van der Waals surface area contributed by atoms with Crippen molar-refractivity contribution < 1.29 is 0 Å².